The SMILES string of the molecule is CCOS(=O)(=O)Oc1ccccc1CNC(=O)C(F)(F)F. The number of nitrogens with one attached hydrogen (secondary N) is 1. The minimum Gasteiger partial charge on any atom is -0.361 e. The molecule has 0 aromatic heterocycles. The number of rotatable bonds is 6. The molecule has 0 unspecified atom stereocenters. The highest BCUT2D eigenvalue weighted by Crippen LogP contribution is 2.21. The van der Waals surface area contributed by atoms with Crippen LogP contribution in [0.3, 0.4) is 0 Å². The maximum absolute atomic E-state index is 12.1. The van der Waals surface area contributed by atoms with Gasteiger partial charge in [0.2, 0.25) is 0 Å². The zero-order chi connectivity index (χ0) is 16.1. The Morgan fingerprint density at radius 1 is 1.29 bits per heavy atom. The fourth-order valence-electron chi connectivity index (χ4n) is 1.29. The number of carbonyl (C=O) groups is 1. The summed E-state index contributed by atoms with van der Waals surface area (Å²) in [5.41, 5.74) is 0.0541. The number of halogens is 3. The first kappa shape index (κ1) is 17.2. The van der Waals surface area contributed by atoms with Crippen LogP contribution in [0.15, 0.2) is 24.3 Å². The van der Waals surface area contributed by atoms with Crippen LogP contribution in [0.2, 0.25) is 0 Å². The van der Waals surface area contributed by atoms with Gasteiger partial charge in [-0.15, -0.1) is 0 Å². The van der Waals surface area contributed by atoms with E-state index in [0.29, 0.717) is 0 Å². The van der Waals surface area contributed by atoms with Crippen LogP contribution in [0.5, 0.6) is 5.75 Å². The fourth-order valence-corrected chi connectivity index (χ4v) is 2.00. The number of hydrogen-bond donors (Lipinski definition) is 1. The van der Waals surface area contributed by atoms with Gasteiger partial charge in [0, 0.05) is 12.1 Å². The van der Waals surface area contributed by atoms with Gasteiger partial charge >= 0.3 is 22.5 Å². The van der Waals surface area contributed by atoms with Crippen LogP contribution in [-0.4, -0.2) is 27.1 Å². The standard InChI is InChI=1S/C11H12F3NO5S/c1-2-19-21(17,18)20-9-6-4-3-5-8(9)7-15-10(16)11(12,13)14/h3-6H,2,7H2,1H3,(H,15,16). The smallest absolute Gasteiger partial charge is 0.361 e. The van der Waals surface area contributed by atoms with Crippen molar-refractivity contribution in [3.63, 3.8) is 0 Å². The van der Waals surface area contributed by atoms with Crippen molar-refractivity contribution in [2.75, 3.05) is 6.61 Å². The normalized spacial score (nSPS) is 12.0. The van der Waals surface area contributed by atoms with E-state index in [1.165, 1.54) is 31.2 Å². The Hall–Kier alpha value is -1.81. The number of hydrogen-bond acceptors (Lipinski definition) is 5. The van der Waals surface area contributed by atoms with Gasteiger partial charge in [-0.25, -0.2) is 4.18 Å². The number of amides is 1. The molecule has 1 rings (SSSR count). The average molecular weight is 327 g/mol. The average Bonchev–Trinajstić information content (AvgIpc) is 2.35. The zero-order valence-corrected chi connectivity index (χ0v) is 11.6. The number of carbonyl (C=O) groups excluding carboxylic acids is 1. The molecule has 1 N–H and O–H groups in total. The van der Waals surface area contributed by atoms with Gasteiger partial charge in [-0.05, 0) is 13.0 Å². The largest absolute Gasteiger partial charge is 0.471 e. The molecule has 0 aliphatic rings. The van der Waals surface area contributed by atoms with Gasteiger partial charge in [-0.2, -0.15) is 21.6 Å². The van der Waals surface area contributed by atoms with Gasteiger partial charge in [0.25, 0.3) is 0 Å². The number of alkyl halides is 3. The Balaban J connectivity index is 2.83. The summed E-state index contributed by atoms with van der Waals surface area (Å²) in [6.45, 7) is 0.724. The van der Waals surface area contributed by atoms with Gasteiger partial charge in [0.05, 0.1) is 6.61 Å². The molecule has 21 heavy (non-hydrogen) atoms. The Morgan fingerprint density at radius 3 is 2.48 bits per heavy atom. The molecule has 0 spiro atoms. The van der Waals surface area contributed by atoms with E-state index in [1.807, 2.05) is 0 Å². The first-order valence-corrected chi connectivity index (χ1v) is 7.01. The van der Waals surface area contributed by atoms with Gasteiger partial charge in [0.1, 0.15) is 5.75 Å². The fraction of sp³-hybridized carbons (Fsp3) is 0.364. The molecule has 0 fully saturated rings. The molecule has 10 heteroatoms. The molecule has 0 aliphatic carbocycles. The van der Waals surface area contributed by atoms with Gasteiger partial charge in [-0.3, -0.25) is 4.79 Å². The summed E-state index contributed by atoms with van der Waals surface area (Å²) >= 11 is 0. The van der Waals surface area contributed by atoms with Crippen molar-refractivity contribution in [1.29, 1.82) is 0 Å². The third-order valence-corrected chi connectivity index (χ3v) is 3.03. The first-order chi connectivity index (χ1) is 9.65. The third kappa shape index (κ3) is 5.60. The highest BCUT2D eigenvalue weighted by atomic mass is 32.3. The molecule has 0 saturated carbocycles. The van der Waals surface area contributed by atoms with Gasteiger partial charge in [-0.1, -0.05) is 18.2 Å². The molecule has 1 aromatic rings. The van der Waals surface area contributed by atoms with Crippen LogP contribution in [0.25, 0.3) is 0 Å². The highest BCUT2D eigenvalue weighted by Gasteiger charge is 2.38. The predicted molar refractivity (Wildman–Crippen MR) is 65.5 cm³/mol. The van der Waals surface area contributed by atoms with Crippen molar-refractivity contribution in [1.82, 2.24) is 5.32 Å². The molecule has 0 saturated heterocycles. The van der Waals surface area contributed by atoms with Crippen LogP contribution in [0.4, 0.5) is 13.2 Å². The Labute approximate surface area is 119 Å². The van der Waals surface area contributed by atoms with Gasteiger partial charge < -0.3 is 9.50 Å². The zero-order valence-electron chi connectivity index (χ0n) is 10.8. The minimum atomic E-state index is -5.02. The lowest BCUT2D eigenvalue weighted by atomic mass is 10.2. The first-order valence-electron chi connectivity index (χ1n) is 5.67. The van der Waals surface area contributed by atoms with Crippen molar-refractivity contribution in [2.45, 2.75) is 19.6 Å². The van der Waals surface area contributed by atoms with E-state index in [0.717, 1.165) is 0 Å². The van der Waals surface area contributed by atoms with Crippen LogP contribution in [-0.2, 0) is 25.9 Å². The summed E-state index contributed by atoms with van der Waals surface area (Å²) in [6, 6.07) is 5.42. The van der Waals surface area contributed by atoms with Crippen molar-refractivity contribution in [3.05, 3.63) is 29.8 Å². The Kier molecular flexibility index (Phi) is 5.55. The molecule has 0 atom stereocenters. The Morgan fingerprint density at radius 2 is 1.90 bits per heavy atom. The second-order valence-corrected chi connectivity index (χ2v) is 4.91. The quantitative estimate of drug-likeness (QED) is 0.857. The van der Waals surface area contributed by atoms with Crippen molar-refractivity contribution < 1.29 is 34.7 Å². The molecule has 0 radical (unpaired) electrons. The lowest BCUT2D eigenvalue weighted by Crippen LogP contribution is -2.36. The van der Waals surface area contributed by atoms with E-state index in [1.54, 1.807) is 5.32 Å². The second-order valence-electron chi connectivity index (χ2n) is 3.69. The molecular formula is C11H12F3NO5S. The molecule has 0 aliphatic heterocycles. The van der Waals surface area contributed by atoms with Gasteiger partial charge in [0.15, 0.2) is 0 Å². The number of para-hydroxylation sites is 1. The van der Waals surface area contributed by atoms with Crippen molar-refractivity contribution in [2.24, 2.45) is 0 Å². The van der Waals surface area contributed by atoms with E-state index in [-0.39, 0.29) is 17.9 Å². The molecular weight excluding hydrogens is 315 g/mol. The molecule has 1 aromatic carbocycles. The molecule has 6 nitrogen and oxygen atoms in total. The molecule has 118 valence electrons. The third-order valence-electron chi connectivity index (χ3n) is 2.12. The van der Waals surface area contributed by atoms with Crippen molar-refractivity contribution in [3.8, 4) is 5.75 Å². The van der Waals surface area contributed by atoms with Crippen LogP contribution in [0, 0.1) is 0 Å². The number of benzene rings is 1. The summed E-state index contributed by atoms with van der Waals surface area (Å²) in [7, 11) is -4.31. The van der Waals surface area contributed by atoms with E-state index in [2.05, 4.69) is 8.37 Å². The minimum absolute atomic E-state index is 0.0541. The summed E-state index contributed by atoms with van der Waals surface area (Å²) in [6.07, 6.45) is -5.02. The lowest BCUT2D eigenvalue weighted by Gasteiger charge is -2.12. The summed E-state index contributed by atoms with van der Waals surface area (Å²) in [4.78, 5) is 10.7. The van der Waals surface area contributed by atoms with Crippen LogP contribution >= 0.6 is 0 Å². The van der Waals surface area contributed by atoms with Crippen LogP contribution in [0.1, 0.15) is 12.5 Å². The summed E-state index contributed by atoms with van der Waals surface area (Å²) < 4.78 is 67.8. The molecule has 0 bridgehead atoms. The maximum atomic E-state index is 12.1. The van der Waals surface area contributed by atoms with Crippen LogP contribution < -0.4 is 9.50 Å². The lowest BCUT2D eigenvalue weighted by molar-refractivity contribution is -0.173. The predicted octanol–water partition coefficient (Wildman–Crippen LogP) is 1.53. The summed E-state index contributed by atoms with van der Waals surface area (Å²) in [5, 5.41) is 1.62. The van der Waals surface area contributed by atoms with E-state index in [9.17, 15) is 26.4 Å². The van der Waals surface area contributed by atoms with E-state index in [4.69, 9.17) is 0 Å². The summed E-state index contributed by atoms with van der Waals surface area (Å²) in [5.74, 6) is -2.36. The van der Waals surface area contributed by atoms with E-state index >= 15 is 0 Å². The highest BCUT2D eigenvalue weighted by molar-refractivity contribution is 7.82. The Bertz CT molecular complexity index is 600. The van der Waals surface area contributed by atoms with E-state index < -0.39 is 29.0 Å². The molecule has 0 heterocycles. The molecule has 1 amide bonds. The maximum Gasteiger partial charge on any atom is 0.471 e. The second kappa shape index (κ2) is 6.76. The van der Waals surface area contributed by atoms with Crippen molar-refractivity contribution >= 4 is 16.3 Å². The monoisotopic (exact) mass is 327 g/mol. The topological polar surface area (TPSA) is 81.7 Å².